The van der Waals surface area contributed by atoms with E-state index in [1.807, 2.05) is 19.9 Å². The normalized spacial score (nSPS) is 10.6. The first kappa shape index (κ1) is 14.5. The highest BCUT2D eigenvalue weighted by molar-refractivity contribution is 7.14. The number of halogens is 1. The molecule has 96 valence electrons. The molecule has 1 aromatic rings. The van der Waals surface area contributed by atoms with Crippen molar-refractivity contribution in [3.05, 3.63) is 21.4 Å². The standard InChI is InChI=1S/C12H18ClNO2S/c1-9-8-11(17-10(9)2)12(15)14(5-4-13)6-7-16-3/h8H,4-7H2,1-3H3. The van der Waals surface area contributed by atoms with Crippen molar-refractivity contribution in [3.63, 3.8) is 0 Å². The fraction of sp³-hybridized carbons (Fsp3) is 0.583. The summed E-state index contributed by atoms with van der Waals surface area (Å²) < 4.78 is 5.00. The lowest BCUT2D eigenvalue weighted by atomic mass is 10.2. The molecule has 0 radical (unpaired) electrons. The molecule has 0 N–H and O–H groups in total. The molecular weight excluding hydrogens is 258 g/mol. The number of hydrogen-bond donors (Lipinski definition) is 0. The molecule has 1 aromatic heterocycles. The van der Waals surface area contributed by atoms with Gasteiger partial charge in [-0.1, -0.05) is 0 Å². The van der Waals surface area contributed by atoms with Gasteiger partial charge in [0.05, 0.1) is 11.5 Å². The van der Waals surface area contributed by atoms with E-state index in [-0.39, 0.29) is 5.91 Å². The first-order valence-corrected chi connectivity index (χ1v) is 6.86. The van der Waals surface area contributed by atoms with E-state index >= 15 is 0 Å². The van der Waals surface area contributed by atoms with Crippen LogP contribution in [0.4, 0.5) is 0 Å². The van der Waals surface area contributed by atoms with Crippen molar-refractivity contribution in [2.75, 3.05) is 32.7 Å². The number of thiophene rings is 1. The minimum atomic E-state index is 0.0453. The van der Waals surface area contributed by atoms with E-state index in [1.54, 1.807) is 12.0 Å². The van der Waals surface area contributed by atoms with Crippen molar-refractivity contribution in [2.45, 2.75) is 13.8 Å². The number of aryl methyl sites for hydroxylation is 2. The summed E-state index contributed by atoms with van der Waals surface area (Å²) in [5.74, 6) is 0.489. The average Bonchev–Trinajstić information content (AvgIpc) is 2.64. The third-order valence-electron chi connectivity index (χ3n) is 2.58. The maximum Gasteiger partial charge on any atom is 0.264 e. The van der Waals surface area contributed by atoms with Crippen LogP contribution < -0.4 is 0 Å². The molecule has 0 saturated heterocycles. The molecule has 0 fully saturated rings. The van der Waals surface area contributed by atoms with Gasteiger partial charge in [-0.3, -0.25) is 4.79 Å². The topological polar surface area (TPSA) is 29.5 Å². The molecule has 0 aliphatic heterocycles. The Bertz CT molecular complexity index is 359. The third kappa shape index (κ3) is 3.98. The van der Waals surface area contributed by atoms with Gasteiger partial charge < -0.3 is 9.64 Å². The summed E-state index contributed by atoms with van der Waals surface area (Å²) in [6.07, 6.45) is 0. The molecule has 0 spiro atoms. The van der Waals surface area contributed by atoms with Gasteiger partial charge >= 0.3 is 0 Å². The van der Waals surface area contributed by atoms with Crippen molar-refractivity contribution in [1.29, 1.82) is 0 Å². The molecule has 3 nitrogen and oxygen atoms in total. The summed E-state index contributed by atoms with van der Waals surface area (Å²) in [5, 5.41) is 0. The molecule has 1 heterocycles. The summed E-state index contributed by atoms with van der Waals surface area (Å²) in [7, 11) is 1.63. The number of methoxy groups -OCH3 is 1. The number of amides is 1. The maximum absolute atomic E-state index is 12.2. The molecule has 0 aliphatic carbocycles. The second-order valence-electron chi connectivity index (χ2n) is 3.82. The van der Waals surface area contributed by atoms with E-state index in [4.69, 9.17) is 16.3 Å². The predicted octanol–water partition coefficient (Wildman–Crippen LogP) is 2.69. The fourth-order valence-electron chi connectivity index (χ4n) is 1.45. The summed E-state index contributed by atoms with van der Waals surface area (Å²) >= 11 is 7.25. The number of carbonyl (C=O) groups is 1. The van der Waals surface area contributed by atoms with Crippen molar-refractivity contribution < 1.29 is 9.53 Å². The van der Waals surface area contributed by atoms with Crippen LogP contribution in [0.2, 0.25) is 0 Å². The maximum atomic E-state index is 12.2. The highest BCUT2D eigenvalue weighted by atomic mass is 35.5. The van der Waals surface area contributed by atoms with E-state index in [0.29, 0.717) is 25.6 Å². The molecule has 0 atom stereocenters. The number of alkyl halides is 1. The van der Waals surface area contributed by atoms with Crippen LogP contribution in [0.1, 0.15) is 20.1 Å². The van der Waals surface area contributed by atoms with Crippen molar-refractivity contribution in [3.8, 4) is 0 Å². The SMILES string of the molecule is COCCN(CCCl)C(=O)c1cc(C)c(C)s1. The van der Waals surface area contributed by atoms with Gasteiger partial charge in [-0.15, -0.1) is 22.9 Å². The van der Waals surface area contributed by atoms with Crippen molar-refractivity contribution in [1.82, 2.24) is 4.90 Å². The summed E-state index contributed by atoms with van der Waals surface area (Å²) in [5.41, 5.74) is 1.16. The van der Waals surface area contributed by atoms with Crippen LogP contribution in [0.15, 0.2) is 6.07 Å². The third-order valence-corrected chi connectivity index (χ3v) is 3.89. The van der Waals surface area contributed by atoms with E-state index in [1.165, 1.54) is 16.2 Å². The van der Waals surface area contributed by atoms with Gasteiger partial charge in [-0.2, -0.15) is 0 Å². The molecule has 1 rings (SSSR count). The lowest BCUT2D eigenvalue weighted by molar-refractivity contribution is 0.0712. The Balaban J connectivity index is 2.76. The van der Waals surface area contributed by atoms with Gasteiger partial charge in [0.1, 0.15) is 0 Å². The fourth-order valence-corrected chi connectivity index (χ4v) is 2.66. The Kier molecular flexibility index (Phi) is 5.95. The van der Waals surface area contributed by atoms with Crippen molar-refractivity contribution in [2.24, 2.45) is 0 Å². The smallest absolute Gasteiger partial charge is 0.264 e. The zero-order chi connectivity index (χ0) is 12.8. The van der Waals surface area contributed by atoms with Crippen LogP contribution in [-0.4, -0.2) is 43.5 Å². The van der Waals surface area contributed by atoms with Gasteiger partial charge in [-0.05, 0) is 25.5 Å². The molecule has 5 heteroatoms. The van der Waals surface area contributed by atoms with Crippen LogP contribution >= 0.6 is 22.9 Å². The lowest BCUT2D eigenvalue weighted by Gasteiger charge is -2.20. The first-order valence-electron chi connectivity index (χ1n) is 5.51. The van der Waals surface area contributed by atoms with Crippen LogP contribution in [0.25, 0.3) is 0 Å². The zero-order valence-corrected chi connectivity index (χ0v) is 12.0. The quantitative estimate of drug-likeness (QED) is 0.747. The van der Waals surface area contributed by atoms with E-state index in [0.717, 1.165) is 10.4 Å². The Morgan fingerprint density at radius 2 is 2.18 bits per heavy atom. The predicted molar refractivity (Wildman–Crippen MR) is 72.3 cm³/mol. The lowest BCUT2D eigenvalue weighted by Crippen LogP contribution is -2.35. The number of hydrogen-bond acceptors (Lipinski definition) is 3. The first-order chi connectivity index (χ1) is 8.10. The van der Waals surface area contributed by atoms with Gasteiger partial charge in [0.15, 0.2) is 0 Å². The van der Waals surface area contributed by atoms with Gasteiger partial charge in [0.2, 0.25) is 0 Å². The Morgan fingerprint density at radius 1 is 1.47 bits per heavy atom. The van der Waals surface area contributed by atoms with Gasteiger partial charge in [0.25, 0.3) is 5.91 Å². The van der Waals surface area contributed by atoms with Gasteiger partial charge in [0, 0.05) is 31.0 Å². The number of carbonyl (C=O) groups excluding carboxylic acids is 1. The van der Waals surface area contributed by atoms with Crippen LogP contribution in [-0.2, 0) is 4.74 Å². The molecule has 1 amide bonds. The largest absolute Gasteiger partial charge is 0.383 e. The van der Waals surface area contributed by atoms with Crippen LogP contribution in [0, 0.1) is 13.8 Å². The van der Waals surface area contributed by atoms with E-state index < -0.39 is 0 Å². The molecule has 0 saturated carbocycles. The summed E-state index contributed by atoms with van der Waals surface area (Å²) in [6.45, 7) is 5.71. The number of nitrogens with zero attached hydrogens (tertiary/aromatic N) is 1. The Labute approximate surface area is 111 Å². The molecule has 0 unspecified atom stereocenters. The summed E-state index contributed by atoms with van der Waals surface area (Å²) in [4.78, 5) is 15.9. The highest BCUT2D eigenvalue weighted by Crippen LogP contribution is 2.22. The molecular formula is C12H18ClNO2S. The van der Waals surface area contributed by atoms with Crippen LogP contribution in [0.5, 0.6) is 0 Å². The van der Waals surface area contributed by atoms with E-state index in [2.05, 4.69) is 0 Å². The monoisotopic (exact) mass is 275 g/mol. The second kappa shape index (κ2) is 6.99. The average molecular weight is 276 g/mol. The molecule has 17 heavy (non-hydrogen) atoms. The Morgan fingerprint density at radius 3 is 2.65 bits per heavy atom. The number of ether oxygens (including phenoxy) is 1. The summed E-state index contributed by atoms with van der Waals surface area (Å²) in [6, 6.07) is 1.94. The second-order valence-corrected chi connectivity index (χ2v) is 5.46. The van der Waals surface area contributed by atoms with E-state index in [9.17, 15) is 4.79 Å². The Hall–Kier alpha value is -0.580. The minimum absolute atomic E-state index is 0.0453. The highest BCUT2D eigenvalue weighted by Gasteiger charge is 2.17. The zero-order valence-electron chi connectivity index (χ0n) is 10.5. The van der Waals surface area contributed by atoms with Crippen LogP contribution in [0.3, 0.4) is 0 Å². The molecule has 0 bridgehead atoms. The van der Waals surface area contributed by atoms with Crippen molar-refractivity contribution >= 4 is 28.8 Å². The van der Waals surface area contributed by atoms with Gasteiger partial charge in [-0.25, -0.2) is 0 Å². The number of rotatable bonds is 6. The molecule has 0 aliphatic rings. The molecule has 0 aromatic carbocycles. The minimum Gasteiger partial charge on any atom is -0.383 e.